The van der Waals surface area contributed by atoms with E-state index < -0.39 is 11.1 Å². The molecule has 0 aromatic carbocycles. The fourth-order valence-corrected chi connectivity index (χ4v) is 1.77. The van der Waals surface area contributed by atoms with Gasteiger partial charge in [-0.25, -0.2) is 20.5 Å². The summed E-state index contributed by atoms with van der Waals surface area (Å²) in [6, 6.07) is -0.537. The molecule has 1 rings (SSSR count). The van der Waals surface area contributed by atoms with E-state index in [1.54, 1.807) is 0 Å². The molecule has 0 atom stereocenters. The maximum Gasteiger partial charge on any atom is 0.344 e. The molecule has 0 aliphatic carbocycles. The van der Waals surface area contributed by atoms with Gasteiger partial charge in [0.1, 0.15) is 6.54 Å². The summed E-state index contributed by atoms with van der Waals surface area (Å²) in [4.78, 5) is 14.9. The first kappa shape index (κ1) is 11.7. The van der Waals surface area contributed by atoms with Crippen LogP contribution in [0.5, 0.6) is 0 Å². The summed E-state index contributed by atoms with van der Waals surface area (Å²) in [6.07, 6.45) is 1.42. The van der Waals surface area contributed by atoms with Gasteiger partial charge in [0.05, 0.1) is 12.0 Å². The molecule has 9 heteroatoms. The number of thiazole rings is 1. The third kappa shape index (κ3) is 3.03. The van der Waals surface area contributed by atoms with Crippen molar-refractivity contribution in [2.45, 2.75) is 6.54 Å². The average molecular weight is 251 g/mol. The Morgan fingerprint density at radius 2 is 2.60 bits per heavy atom. The molecule has 0 saturated heterocycles. The molecule has 0 amide bonds. The number of methoxy groups -OCH3 is 1. The van der Waals surface area contributed by atoms with Crippen LogP contribution in [0.1, 0.15) is 4.88 Å². The minimum atomic E-state index is -0.723. The van der Waals surface area contributed by atoms with Gasteiger partial charge in [0, 0.05) is 6.20 Å². The highest BCUT2D eigenvalue weighted by atomic mass is 35.5. The number of nitrogens with zero attached hydrogens (tertiary/aromatic N) is 3. The summed E-state index contributed by atoms with van der Waals surface area (Å²) in [5.74, 6) is 0. The monoisotopic (exact) mass is 250 g/mol. The average Bonchev–Trinajstić information content (AvgIpc) is 2.59. The lowest BCUT2D eigenvalue weighted by Crippen LogP contribution is -2.35. The molecule has 15 heavy (non-hydrogen) atoms. The summed E-state index contributed by atoms with van der Waals surface area (Å²) in [7, 11) is 1.19. The Kier molecular flexibility index (Phi) is 3.81. The van der Waals surface area contributed by atoms with Crippen molar-refractivity contribution >= 4 is 29.0 Å². The Bertz CT molecular complexity index is 382. The number of amidine groups is 1. The molecule has 0 fully saturated rings. The Balaban J connectivity index is 2.75. The molecule has 1 N–H and O–H groups in total. The van der Waals surface area contributed by atoms with Gasteiger partial charge in [-0.15, -0.1) is 11.3 Å². The van der Waals surface area contributed by atoms with Crippen LogP contribution in [-0.4, -0.2) is 28.2 Å². The number of nitrogens with one attached hydrogen (secondary N) is 1. The van der Waals surface area contributed by atoms with Crippen LogP contribution in [-0.2, 0) is 11.3 Å². The van der Waals surface area contributed by atoms with E-state index in [9.17, 15) is 10.1 Å². The second-order valence-corrected chi connectivity index (χ2v) is 4.08. The maximum atomic E-state index is 10.6. The number of hydrogen-bond donors (Lipinski definition) is 1. The van der Waals surface area contributed by atoms with E-state index in [1.807, 2.05) is 0 Å². The van der Waals surface area contributed by atoms with E-state index in [1.165, 1.54) is 13.3 Å². The van der Waals surface area contributed by atoms with E-state index in [-0.39, 0.29) is 6.54 Å². The summed E-state index contributed by atoms with van der Waals surface area (Å²) in [5.41, 5.74) is 0. The number of hydrazine groups is 1. The number of hydrogen-bond acceptors (Lipinski definition) is 6. The second-order valence-electron chi connectivity index (χ2n) is 2.38. The molecule has 0 aliphatic heterocycles. The molecule has 0 aliphatic rings. The Hall–Kier alpha value is -1.41. The van der Waals surface area contributed by atoms with Crippen molar-refractivity contribution in [3.8, 4) is 0 Å². The Morgan fingerprint density at radius 3 is 3.00 bits per heavy atom. The maximum absolute atomic E-state index is 10.6. The van der Waals surface area contributed by atoms with Gasteiger partial charge in [-0.05, 0) is 5.01 Å². The molecule has 1 heterocycles. The molecule has 1 aromatic rings. The van der Waals surface area contributed by atoms with E-state index >= 15 is 0 Å². The van der Waals surface area contributed by atoms with E-state index in [4.69, 9.17) is 17.0 Å². The quantitative estimate of drug-likeness (QED) is 0.379. The Labute approximate surface area is 93.9 Å². The largest absolute Gasteiger partial charge is 0.465 e. The van der Waals surface area contributed by atoms with Crippen molar-refractivity contribution in [2.75, 3.05) is 7.11 Å². The minimum absolute atomic E-state index is 0.0932. The van der Waals surface area contributed by atoms with Crippen molar-refractivity contribution in [1.82, 2.24) is 9.99 Å². The summed E-state index contributed by atoms with van der Waals surface area (Å²) >= 11 is 6.69. The lowest BCUT2D eigenvalue weighted by atomic mass is 10.5. The predicted octanol–water partition coefficient (Wildman–Crippen LogP) is 1.37. The van der Waals surface area contributed by atoms with E-state index in [2.05, 4.69) is 9.72 Å². The van der Waals surface area contributed by atoms with Gasteiger partial charge in [0.25, 0.3) is 0 Å². The summed E-state index contributed by atoms with van der Waals surface area (Å²) < 4.78 is 4.77. The number of halogens is 1. The number of rotatable bonds is 3. The summed E-state index contributed by atoms with van der Waals surface area (Å²) in [6.45, 7) is -0.0932. The normalized spacial score (nSPS) is 9.73. The molecular formula is C6H7ClN4O3S. The molecule has 7 nitrogen and oxygen atoms in total. The zero-order valence-corrected chi connectivity index (χ0v) is 9.21. The highest BCUT2D eigenvalue weighted by Crippen LogP contribution is 2.19. The highest BCUT2D eigenvalue weighted by Gasteiger charge is 2.22. The first-order chi connectivity index (χ1) is 7.04. The van der Waals surface area contributed by atoms with Crippen LogP contribution in [0.15, 0.2) is 6.20 Å². The smallest absolute Gasteiger partial charge is 0.344 e. The predicted molar refractivity (Wildman–Crippen MR) is 54.4 cm³/mol. The van der Waals surface area contributed by atoms with E-state index in [0.717, 1.165) is 11.3 Å². The lowest BCUT2D eigenvalue weighted by molar-refractivity contribution is -0.636. The van der Waals surface area contributed by atoms with Crippen molar-refractivity contribution in [1.29, 1.82) is 5.41 Å². The van der Waals surface area contributed by atoms with Gasteiger partial charge in [-0.2, -0.15) is 0 Å². The number of ether oxygens (including phenoxy) is 1. The molecule has 0 saturated carbocycles. The van der Waals surface area contributed by atoms with Gasteiger partial charge in [0.2, 0.25) is 0 Å². The van der Waals surface area contributed by atoms with Crippen molar-refractivity contribution < 1.29 is 9.77 Å². The van der Waals surface area contributed by atoms with Crippen LogP contribution in [0.25, 0.3) is 0 Å². The first-order valence-electron chi connectivity index (χ1n) is 3.69. The molecular weight excluding hydrogens is 244 g/mol. The Morgan fingerprint density at radius 1 is 1.93 bits per heavy atom. The SMILES string of the molecule is COC(=N)N(Cc1cnc(Cl)s1)[N+](=O)[O-]. The van der Waals surface area contributed by atoms with Gasteiger partial charge < -0.3 is 4.74 Å². The molecule has 0 unspecified atom stereocenters. The van der Waals surface area contributed by atoms with Crippen LogP contribution in [0.2, 0.25) is 4.47 Å². The van der Waals surface area contributed by atoms with Crippen LogP contribution in [0, 0.1) is 15.5 Å². The second kappa shape index (κ2) is 4.89. The minimum Gasteiger partial charge on any atom is -0.465 e. The lowest BCUT2D eigenvalue weighted by Gasteiger charge is -2.11. The standard InChI is InChI=1S/C6H7ClN4O3S/c1-14-6(8)10(11(12)13)3-4-2-9-5(7)15-4/h2,8H,3H2,1H3. The topological polar surface area (TPSA) is 92.3 Å². The molecule has 0 bridgehead atoms. The molecule has 1 aromatic heterocycles. The fourth-order valence-electron chi connectivity index (χ4n) is 0.813. The zero-order chi connectivity index (χ0) is 11.4. The van der Waals surface area contributed by atoms with Crippen LogP contribution >= 0.6 is 22.9 Å². The van der Waals surface area contributed by atoms with Gasteiger partial charge in [-0.1, -0.05) is 11.6 Å². The van der Waals surface area contributed by atoms with Gasteiger partial charge in [-0.3, -0.25) is 0 Å². The molecule has 82 valence electrons. The molecule has 0 spiro atoms. The van der Waals surface area contributed by atoms with Crippen LogP contribution < -0.4 is 0 Å². The fraction of sp³-hybridized carbons (Fsp3) is 0.333. The molecule has 0 radical (unpaired) electrons. The van der Waals surface area contributed by atoms with Crippen molar-refractivity contribution in [3.63, 3.8) is 0 Å². The third-order valence-corrected chi connectivity index (χ3v) is 2.56. The van der Waals surface area contributed by atoms with Crippen molar-refractivity contribution in [2.24, 2.45) is 0 Å². The summed E-state index contributed by atoms with van der Waals surface area (Å²) in [5, 5.41) is 17.6. The zero-order valence-electron chi connectivity index (χ0n) is 7.64. The van der Waals surface area contributed by atoms with Crippen molar-refractivity contribution in [3.05, 3.63) is 25.7 Å². The number of aromatic nitrogens is 1. The highest BCUT2D eigenvalue weighted by molar-refractivity contribution is 7.15. The van der Waals surface area contributed by atoms with E-state index in [0.29, 0.717) is 14.4 Å². The first-order valence-corrected chi connectivity index (χ1v) is 4.88. The van der Waals surface area contributed by atoms with Crippen LogP contribution in [0.3, 0.4) is 0 Å². The third-order valence-electron chi connectivity index (χ3n) is 1.46. The number of nitro groups is 1. The van der Waals surface area contributed by atoms with Crippen LogP contribution in [0.4, 0.5) is 0 Å². The van der Waals surface area contributed by atoms with Gasteiger partial charge in [0.15, 0.2) is 9.50 Å². The van der Waals surface area contributed by atoms with Gasteiger partial charge >= 0.3 is 6.02 Å².